The number of carbonyl (C=O) groups is 1. The molecule has 1 saturated carbocycles. The Bertz CT molecular complexity index is 1080. The predicted molar refractivity (Wildman–Crippen MR) is 96.7 cm³/mol. The van der Waals surface area contributed by atoms with E-state index in [9.17, 15) is 18.0 Å². The number of hydrogen-bond donors (Lipinski definition) is 1. The van der Waals surface area contributed by atoms with Crippen molar-refractivity contribution in [1.29, 1.82) is 0 Å². The van der Waals surface area contributed by atoms with Gasteiger partial charge in [-0.1, -0.05) is 0 Å². The van der Waals surface area contributed by atoms with Gasteiger partial charge in [-0.3, -0.25) is 9.78 Å². The molecule has 3 aliphatic rings. The molecule has 144 valence electrons. The SMILES string of the molecule is O=C1N(C2CC2)CCCC12CCCN2S(=O)(=O)c1ccc2oc(=O)[nH]c2c1. The van der Waals surface area contributed by atoms with Crippen LogP contribution in [0.4, 0.5) is 0 Å². The van der Waals surface area contributed by atoms with Crippen LogP contribution in [0.2, 0.25) is 0 Å². The summed E-state index contributed by atoms with van der Waals surface area (Å²) in [6.07, 6.45) is 4.66. The molecule has 1 atom stereocenters. The second-order valence-electron chi connectivity index (χ2n) is 7.72. The molecule has 1 aliphatic carbocycles. The highest BCUT2D eigenvalue weighted by Gasteiger charge is 2.57. The molecule has 1 unspecified atom stereocenters. The van der Waals surface area contributed by atoms with Gasteiger partial charge >= 0.3 is 5.76 Å². The molecule has 1 aromatic carbocycles. The highest BCUT2D eigenvalue weighted by atomic mass is 32.2. The summed E-state index contributed by atoms with van der Waals surface area (Å²) in [5.41, 5.74) is -0.314. The summed E-state index contributed by atoms with van der Waals surface area (Å²) < 4.78 is 33.2. The molecule has 1 N–H and O–H groups in total. The van der Waals surface area contributed by atoms with E-state index in [1.165, 1.54) is 22.5 Å². The summed E-state index contributed by atoms with van der Waals surface area (Å²) in [7, 11) is -3.87. The fourth-order valence-electron chi connectivity index (χ4n) is 4.64. The van der Waals surface area contributed by atoms with Crippen molar-refractivity contribution in [3.63, 3.8) is 0 Å². The highest BCUT2D eigenvalue weighted by molar-refractivity contribution is 7.89. The third kappa shape index (κ3) is 2.48. The highest BCUT2D eigenvalue weighted by Crippen LogP contribution is 2.44. The van der Waals surface area contributed by atoms with Crippen LogP contribution in [0.25, 0.3) is 11.1 Å². The number of likely N-dealkylation sites (tertiary alicyclic amines) is 1. The topological polar surface area (TPSA) is 104 Å². The average molecular weight is 391 g/mol. The van der Waals surface area contributed by atoms with Gasteiger partial charge in [0, 0.05) is 19.1 Å². The Kier molecular flexibility index (Phi) is 3.58. The van der Waals surface area contributed by atoms with Gasteiger partial charge in [0.2, 0.25) is 15.9 Å². The van der Waals surface area contributed by atoms with Gasteiger partial charge in [0.05, 0.1) is 10.4 Å². The number of sulfonamides is 1. The molecule has 27 heavy (non-hydrogen) atoms. The summed E-state index contributed by atoms with van der Waals surface area (Å²) in [6, 6.07) is 4.61. The molecule has 3 heterocycles. The zero-order chi connectivity index (χ0) is 18.8. The third-order valence-corrected chi connectivity index (χ3v) is 8.01. The third-order valence-electron chi connectivity index (χ3n) is 6.04. The van der Waals surface area contributed by atoms with E-state index in [-0.39, 0.29) is 16.8 Å². The second-order valence-corrected chi connectivity index (χ2v) is 9.58. The Labute approximate surface area is 156 Å². The number of fused-ring (bicyclic) bond motifs is 1. The maximum atomic E-state index is 13.4. The molecule has 1 spiro atoms. The molecule has 0 radical (unpaired) electrons. The van der Waals surface area contributed by atoms with Crippen LogP contribution >= 0.6 is 0 Å². The quantitative estimate of drug-likeness (QED) is 0.852. The molecule has 1 amide bonds. The number of nitrogens with one attached hydrogen (secondary N) is 1. The van der Waals surface area contributed by atoms with E-state index in [1.54, 1.807) is 0 Å². The fourth-order valence-corrected chi connectivity index (χ4v) is 6.49. The number of aromatic nitrogens is 1. The van der Waals surface area contributed by atoms with Crippen LogP contribution in [0.15, 0.2) is 32.3 Å². The van der Waals surface area contributed by atoms with E-state index in [0.717, 1.165) is 25.8 Å². The molecule has 2 aliphatic heterocycles. The van der Waals surface area contributed by atoms with Crippen molar-refractivity contribution in [2.24, 2.45) is 0 Å². The minimum absolute atomic E-state index is 0.0323. The lowest BCUT2D eigenvalue weighted by molar-refractivity contribution is -0.145. The minimum Gasteiger partial charge on any atom is -0.408 e. The van der Waals surface area contributed by atoms with Gasteiger partial charge in [-0.05, 0) is 56.7 Å². The standard InChI is InChI=1S/C18H21N3O5S/c22-16-18(7-1-9-20(16)12-3-4-12)8-2-10-21(18)27(24,25)13-5-6-15-14(11-13)19-17(23)26-15/h5-6,11-12H,1-4,7-10H2,(H,19,23). The molecule has 2 saturated heterocycles. The number of rotatable bonds is 3. The maximum Gasteiger partial charge on any atom is 0.417 e. The Balaban J connectivity index is 1.56. The number of carbonyl (C=O) groups excluding carboxylic acids is 1. The van der Waals surface area contributed by atoms with Crippen LogP contribution in [0, 0.1) is 0 Å². The Morgan fingerprint density at radius 3 is 2.59 bits per heavy atom. The normalized spacial score (nSPS) is 27.1. The molecule has 5 rings (SSSR count). The van der Waals surface area contributed by atoms with E-state index < -0.39 is 21.3 Å². The number of amides is 1. The van der Waals surface area contributed by atoms with Gasteiger partial charge in [-0.2, -0.15) is 4.31 Å². The Morgan fingerprint density at radius 2 is 1.85 bits per heavy atom. The first-order valence-electron chi connectivity index (χ1n) is 9.39. The van der Waals surface area contributed by atoms with Crippen LogP contribution in [-0.4, -0.2) is 53.2 Å². The predicted octanol–water partition coefficient (Wildman–Crippen LogP) is 1.43. The second kappa shape index (κ2) is 5.68. The molecule has 2 aromatic rings. The molecule has 1 aromatic heterocycles. The minimum atomic E-state index is -3.87. The van der Waals surface area contributed by atoms with Crippen LogP contribution in [0.1, 0.15) is 38.5 Å². The molecule has 9 heteroatoms. The number of hydrogen-bond acceptors (Lipinski definition) is 5. The molecular weight excluding hydrogens is 370 g/mol. The van der Waals surface area contributed by atoms with E-state index in [2.05, 4.69) is 4.98 Å². The summed E-state index contributed by atoms with van der Waals surface area (Å²) in [5, 5.41) is 0. The number of benzene rings is 1. The lowest BCUT2D eigenvalue weighted by atomic mass is 9.86. The van der Waals surface area contributed by atoms with Crippen molar-refractivity contribution in [3.8, 4) is 0 Å². The number of piperidine rings is 1. The maximum absolute atomic E-state index is 13.4. The molecule has 0 bridgehead atoms. The van der Waals surface area contributed by atoms with Gasteiger partial charge in [-0.25, -0.2) is 13.2 Å². The number of H-pyrrole nitrogens is 1. The van der Waals surface area contributed by atoms with Gasteiger partial charge < -0.3 is 9.32 Å². The first-order chi connectivity index (χ1) is 12.9. The largest absolute Gasteiger partial charge is 0.417 e. The Morgan fingerprint density at radius 1 is 1.11 bits per heavy atom. The molecule has 8 nitrogen and oxygen atoms in total. The summed E-state index contributed by atoms with van der Waals surface area (Å²) >= 11 is 0. The summed E-state index contributed by atoms with van der Waals surface area (Å²) in [4.78, 5) is 29.1. The van der Waals surface area contributed by atoms with Crippen LogP contribution in [0.3, 0.4) is 0 Å². The zero-order valence-electron chi connectivity index (χ0n) is 14.8. The summed E-state index contributed by atoms with van der Waals surface area (Å²) in [5.74, 6) is -0.658. The zero-order valence-corrected chi connectivity index (χ0v) is 15.6. The molecular formula is C18H21N3O5S. The van der Waals surface area contributed by atoms with E-state index in [0.29, 0.717) is 36.9 Å². The number of nitrogens with zero attached hydrogens (tertiary/aromatic N) is 2. The van der Waals surface area contributed by atoms with Gasteiger partial charge in [0.1, 0.15) is 5.54 Å². The van der Waals surface area contributed by atoms with Crippen molar-refractivity contribution in [3.05, 3.63) is 28.7 Å². The van der Waals surface area contributed by atoms with E-state index >= 15 is 0 Å². The van der Waals surface area contributed by atoms with Crippen LogP contribution in [-0.2, 0) is 14.8 Å². The van der Waals surface area contributed by atoms with Crippen molar-refractivity contribution in [1.82, 2.24) is 14.2 Å². The monoisotopic (exact) mass is 391 g/mol. The smallest absolute Gasteiger partial charge is 0.408 e. The van der Waals surface area contributed by atoms with Crippen molar-refractivity contribution in [2.45, 2.75) is 55.0 Å². The van der Waals surface area contributed by atoms with E-state index in [1.807, 2.05) is 4.90 Å². The van der Waals surface area contributed by atoms with Crippen LogP contribution < -0.4 is 5.76 Å². The van der Waals surface area contributed by atoms with Crippen LogP contribution in [0.5, 0.6) is 0 Å². The van der Waals surface area contributed by atoms with Crippen molar-refractivity contribution in [2.75, 3.05) is 13.1 Å². The van der Waals surface area contributed by atoms with Gasteiger partial charge in [0.25, 0.3) is 0 Å². The van der Waals surface area contributed by atoms with Crippen molar-refractivity contribution < 1.29 is 17.6 Å². The first kappa shape index (κ1) is 17.0. The Hall–Kier alpha value is -2.13. The van der Waals surface area contributed by atoms with E-state index in [4.69, 9.17) is 4.42 Å². The van der Waals surface area contributed by atoms with Gasteiger partial charge in [-0.15, -0.1) is 0 Å². The molecule has 3 fully saturated rings. The number of oxazole rings is 1. The first-order valence-corrected chi connectivity index (χ1v) is 10.8. The fraction of sp³-hybridized carbons (Fsp3) is 0.556. The lowest BCUT2D eigenvalue weighted by Gasteiger charge is -2.44. The lowest BCUT2D eigenvalue weighted by Crippen LogP contribution is -2.61. The van der Waals surface area contributed by atoms with Gasteiger partial charge in [0.15, 0.2) is 5.58 Å². The number of aromatic amines is 1. The summed E-state index contributed by atoms with van der Waals surface area (Å²) in [6.45, 7) is 1.06. The average Bonchev–Trinajstić information content (AvgIpc) is 3.27. The van der Waals surface area contributed by atoms with Crippen molar-refractivity contribution >= 4 is 27.0 Å².